The number of nitrogens with two attached hydrogens (primary N) is 1. The van der Waals surface area contributed by atoms with Crippen molar-refractivity contribution in [2.45, 2.75) is 50.9 Å². The van der Waals surface area contributed by atoms with Crippen LogP contribution in [0.5, 0.6) is 5.75 Å². The number of aliphatic hydroxyl groups excluding tert-OH is 2. The fourth-order valence-electron chi connectivity index (χ4n) is 5.79. The summed E-state index contributed by atoms with van der Waals surface area (Å²) in [6.45, 7) is 0.607. The van der Waals surface area contributed by atoms with Crippen molar-refractivity contribution in [1.82, 2.24) is 30.2 Å². The first-order valence-electron chi connectivity index (χ1n) is 17.8. The van der Waals surface area contributed by atoms with Crippen LogP contribution in [0, 0.1) is 5.41 Å². The van der Waals surface area contributed by atoms with E-state index < -0.39 is 85.6 Å². The van der Waals surface area contributed by atoms with Gasteiger partial charge in [-0.05, 0) is 11.5 Å². The summed E-state index contributed by atoms with van der Waals surface area (Å²) in [5, 5.41) is 38.0. The van der Waals surface area contributed by atoms with Crippen LogP contribution in [0.25, 0.3) is 21.9 Å². The van der Waals surface area contributed by atoms with E-state index >= 15 is 0 Å². The second-order valence-corrected chi connectivity index (χ2v) is 19.4. The normalized spacial score (nSPS) is 19.3. The predicted molar refractivity (Wildman–Crippen MR) is 217 cm³/mol. The molecule has 334 valence electrons. The minimum atomic E-state index is -5.26. The average Bonchev–Trinajstić information content (AvgIpc) is 3.74. The number of rotatable bonds is 20. The van der Waals surface area contributed by atoms with Gasteiger partial charge in [0.05, 0.1) is 16.2 Å². The highest BCUT2D eigenvalue weighted by Gasteiger charge is 2.63. The molecule has 0 spiro atoms. The van der Waals surface area contributed by atoms with Gasteiger partial charge in [-0.3, -0.25) is 19.0 Å². The van der Waals surface area contributed by atoms with E-state index in [0.717, 1.165) is 34.4 Å². The SMILES string of the molecule is CC(C)(CO[P+](O)(O)O[P+](O)(O)OC[C@H]1O[C@@H](n2cnc3c(N)ncnc32)[C@H](O)[C@@H]1O[P+](O)(O)O)[C@@H](O)C(=O)NCCC(=O)NCCSC(=O)c1ccc2ccccc2c1O. The molecule has 1 saturated heterocycles. The summed E-state index contributed by atoms with van der Waals surface area (Å²) < 4.78 is 26.0. The van der Waals surface area contributed by atoms with Crippen LogP contribution in [-0.4, -0.2) is 142 Å². The lowest BCUT2D eigenvalue weighted by Gasteiger charge is -2.28. The van der Waals surface area contributed by atoms with Gasteiger partial charge < -0.3 is 36.4 Å². The Bertz CT molecular complexity index is 2200. The summed E-state index contributed by atoms with van der Waals surface area (Å²) in [7, 11) is -15.5. The number of nitrogens with one attached hydrogen (secondary N) is 2. The molecule has 1 aliphatic rings. The smallest absolute Gasteiger partial charge is 0.507 e. The fourth-order valence-corrected chi connectivity index (χ4v) is 9.41. The molecule has 0 saturated carbocycles. The Labute approximate surface area is 351 Å². The van der Waals surface area contributed by atoms with Crippen molar-refractivity contribution < 1.29 is 86.6 Å². The van der Waals surface area contributed by atoms with Crippen LogP contribution in [0.2, 0.25) is 0 Å². The quantitative estimate of drug-likeness (QED) is 0.0393. The number of hydrogen-bond acceptors (Lipinski definition) is 23. The number of anilines is 1. The largest absolute Gasteiger partial charge is 0.620 e. The Morgan fingerprint density at radius 1 is 0.984 bits per heavy atom. The van der Waals surface area contributed by atoms with Gasteiger partial charge in [0.2, 0.25) is 16.9 Å². The molecular formula is C32H45N7O18P3S+3. The molecule has 3 heterocycles. The highest BCUT2D eigenvalue weighted by Crippen LogP contribution is 2.70. The molecule has 2 aromatic carbocycles. The van der Waals surface area contributed by atoms with Gasteiger partial charge in [-0.1, -0.05) is 55.9 Å². The molecule has 5 atom stereocenters. The molecular weight excluding hydrogens is 895 g/mol. The standard InChI is InChI=1S/C32H42N7O18P3S/c1-32(2,26(43)29(44)35-10-9-21(40)34-11-12-61-31(45)19-8-7-17-5-3-4-6-18(17)23(19)41)14-54-60(51,52)57-59(49,50)53-13-20-25(56-58(46,47)48)24(42)30(55-20)39-16-38-22-27(33)36-15-37-28(22)39/h3-8,15-16,20,24-26,30,42-43,46-52H,9-14H2,1-2H3,(H2-3,33,34,35,36,37,40,41,44,45)/p+3/t20-,24-,25-,26+,30-/m1/s1. The van der Waals surface area contributed by atoms with E-state index in [1.165, 1.54) is 19.9 Å². The third kappa shape index (κ3) is 12.8. The number of benzene rings is 2. The zero-order valence-corrected chi connectivity index (χ0v) is 35.6. The highest BCUT2D eigenvalue weighted by molar-refractivity contribution is 8.14. The van der Waals surface area contributed by atoms with E-state index in [9.17, 15) is 64.0 Å². The van der Waals surface area contributed by atoms with Crippen LogP contribution >= 0.6 is 36.3 Å². The van der Waals surface area contributed by atoms with Crippen LogP contribution in [0.4, 0.5) is 5.82 Å². The molecule has 5 rings (SSSR count). The van der Waals surface area contributed by atoms with Gasteiger partial charge in [0, 0.05) is 36.1 Å². The van der Waals surface area contributed by atoms with Crippen LogP contribution in [0.1, 0.15) is 36.9 Å². The number of nitrogens with zero attached hydrogens (tertiary/aromatic N) is 4. The fraction of sp³-hybridized carbons (Fsp3) is 0.438. The molecule has 2 amide bonds. The highest BCUT2D eigenvalue weighted by atomic mass is 32.2. The summed E-state index contributed by atoms with van der Waals surface area (Å²) in [4.78, 5) is 120. The third-order valence-corrected chi connectivity index (χ3v) is 12.9. The monoisotopic (exact) mass is 940 g/mol. The number of carbonyl (C=O) groups excluding carboxylic acids is 3. The number of imidazole rings is 1. The zero-order valence-electron chi connectivity index (χ0n) is 32.1. The van der Waals surface area contributed by atoms with Crippen molar-refractivity contribution in [3.63, 3.8) is 0 Å². The Morgan fingerprint density at radius 3 is 2.41 bits per heavy atom. The summed E-state index contributed by atoms with van der Waals surface area (Å²) in [5.74, 6) is -1.42. The molecule has 61 heavy (non-hydrogen) atoms. The van der Waals surface area contributed by atoms with Crippen molar-refractivity contribution in [3.05, 3.63) is 54.6 Å². The number of aliphatic hydroxyl groups is 2. The number of ether oxygens (including phenoxy) is 1. The number of phenolic OH excluding ortho intramolecular Hbond substituents is 1. The number of thioether (sulfide) groups is 1. The van der Waals surface area contributed by atoms with Gasteiger partial charge >= 0.3 is 24.5 Å². The number of amides is 2. The Morgan fingerprint density at radius 2 is 1.69 bits per heavy atom. The first-order valence-corrected chi connectivity index (χ1v) is 23.4. The molecule has 4 aromatic rings. The van der Waals surface area contributed by atoms with Crippen molar-refractivity contribution in [3.8, 4) is 5.75 Å². The van der Waals surface area contributed by atoms with E-state index in [2.05, 4.69) is 29.9 Å². The number of fused-ring (bicyclic) bond motifs is 2. The number of nitrogen functional groups attached to an aromatic ring is 1. The first kappa shape index (κ1) is 48.6. The van der Waals surface area contributed by atoms with Gasteiger partial charge in [-0.15, -0.1) is 13.6 Å². The van der Waals surface area contributed by atoms with Crippen molar-refractivity contribution in [2.75, 3.05) is 37.8 Å². The van der Waals surface area contributed by atoms with Gasteiger partial charge in [0.25, 0.3) is 0 Å². The molecule has 2 aromatic heterocycles. The number of hydrogen-bond donors (Lipinski definition) is 13. The average molecular weight is 941 g/mol. The van der Waals surface area contributed by atoms with Gasteiger partial charge in [0.1, 0.15) is 49.1 Å². The van der Waals surface area contributed by atoms with Gasteiger partial charge in [0.15, 0.2) is 23.8 Å². The van der Waals surface area contributed by atoms with E-state index in [1.807, 2.05) is 0 Å². The molecule has 25 nitrogen and oxygen atoms in total. The summed E-state index contributed by atoms with van der Waals surface area (Å²) in [6.07, 6.45) is -6.59. The Hall–Kier alpha value is -3.46. The maximum absolute atomic E-state index is 12.7. The minimum absolute atomic E-state index is 0.0245. The van der Waals surface area contributed by atoms with Crippen LogP contribution in [0.3, 0.4) is 0 Å². The van der Waals surface area contributed by atoms with E-state index in [-0.39, 0.29) is 58.7 Å². The molecule has 0 aliphatic carbocycles. The maximum atomic E-state index is 12.7. The molecule has 0 unspecified atom stereocenters. The van der Waals surface area contributed by atoms with Crippen molar-refractivity contribution in [1.29, 1.82) is 0 Å². The van der Waals surface area contributed by atoms with Crippen molar-refractivity contribution >= 4 is 81.0 Å². The predicted octanol–water partition coefficient (Wildman–Crippen LogP) is -0.477. The molecule has 1 fully saturated rings. The van der Waals surface area contributed by atoms with E-state index in [0.29, 0.717) is 5.39 Å². The van der Waals surface area contributed by atoms with E-state index in [1.54, 1.807) is 30.3 Å². The summed E-state index contributed by atoms with van der Waals surface area (Å²) in [5.41, 5.74) is 4.51. The lowest BCUT2D eigenvalue weighted by atomic mass is 9.87. The molecule has 1 aliphatic heterocycles. The summed E-state index contributed by atoms with van der Waals surface area (Å²) >= 11 is 0.896. The molecule has 14 N–H and O–H groups in total. The van der Waals surface area contributed by atoms with E-state index in [4.69, 9.17) is 24.0 Å². The lowest BCUT2D eigenvalue weighted by molar-refractivity contribution is -0.137. The van der Waals surface area contributed by atoms with Gasteiger partial charge in [-0.2, -0.15) is 34.3 Å². The number of aromatic nitrogens is 4. The summed E-state index contributed by atoms with van der Waals surface area (Å²) in [6, 6.07) is 10.3. The topological polar surface area (TPSA) is 393 Å². The molecule has 29 heteroatoms. The molecule has 0 bridgehead atoms. The van der Waals surface area contributed by atoms with Gasteiger partial charge in [-0.25, -0.2) is 15.0 Å². The second kappa shape index (κ2) is 19.9. The lowest BCUT2D eigenvalue weighted by Crippen LogP contribution is -2.46. The maximum Gasteiger partial charge on any atom is 0.620 e. The van der Waals surface area contributed by atoms with Crippen LogP contribution in [-0.2, 0) is 32.2 Å². The number of phenols is 1. The number of aromatic hydroxyl groups is 1. The zero-order chi connectivity index (χ0) is 44.9. The minimum Gasteiger partial charge on any atom is -0.507 e. The van der Waals surface area contributed by atoms with Crippen LogP contribution < -0.4 is 16.4 Å². The van der Waals surface area contributed by atoms with Crippen molar-refractivity contribution in [2.24, 2.45) is 5.41 Å². The molecule has 0 radical (unpaired) electrons. The first-order chi connectivity index (χ1) is 28.5. The Kier molecular flexibility index (Phi) is 15.9. The number of carbonyl (C=O) groups is 3. The third-order valence-electron chi connectivity index (χ3n) is 8.88. The van der Waals surface area contributed by atoms with Crippen LogP contribution in [0.15, 0.2) is 49.1 Å². The second-order valence-electron chi connectivity index (χ2n) is 14.0. The Balaban J connectivity index is 1.04.